The normalized spacial score (nSPS) is 15.3. The van der Waals surface area contributed by atoms with Crippen LogP contribution in [0.4, 0.5) is 0 Å². The van der Waals surface area contributed by atoms with Gasteiger partial charge in [-0.3, -0.25) is 0 Å². The van der Waals surface area contributed by atoms with Crippen LogP contribution in [0.25, 0.3) is 0 Å². The Hall–Kier alpha value is -0.530. The molecule has 0 saturated carbocycles. The standard InChI is InChI=1S/C9H19NO/c1-8(2,3)7-10(11)9(4,5)6/h7H,1-6H3/b10-7+. The first-order chi connectivity index (χ1) is 4.63. The van der Waals surface area contributed by atoms with Crippen LogP contribution in [0.1, 0.15) is 41.5 Å². The predicted octanol–water partition coefficient (Wildman–Crippen LogP) is 2.41. The fourth-order valence-corrected chi connectivity index (χ4v) is 0.545. The van der Waals surface area contributed by atoms with Gasteiger partial charge in [-0.05, 0) is 0 Å². The highest BCUT2D eigenvalue weighted by Crippen LogP contribution is 2.12. The van der Waals surface area contributed by atoms with E-state index in [1.165, 1.54) is 0 Å². The smallest absolute Gasteiger partial charge is 0.164 e. The summed E-state index contributed by atoms with van der Waals surface area (Å²) in [6, 6.07) is 0. The van der Waals surface area contributed by atoms with Crippen molar-refractivity contribution in [3.63, 3.8) is 0 Å². The van der Waals surface area contributed by atoms with Crippen molar-refractivity contribution in [3.8, 4) is 0 Å². The van der Waals surface area contributed by atoms with E-state index in [1.54, 1.807) is 6.21 Å². The Morgan fingerprint density at radius 3 is 1.45 bits per heavy atom. The lowest BCUT2D eigenvalue weighted by Crippen LogP contribution is -2.32. The Kier molecular flexibility index (Phi) is 2.70. The fourth-order valence-electron chi connectivity index (χ4n) is 0.545. The molecule has 2 heteroatoms. The Morgan fingerprint density at radius 1 is 1.00 bits per heavy atom. The van der Waals surface area contributed by atoms with Crippen LogP contribution in [-0.2, 0) is 0 Å². The lowest BCUT2D eigenvalue weighted by Gasteiger charge is -2.22. The number of hydrogen-bond donors (Lipinski definition) is 0. The van der Waals surface area contributed by atoms with Crippen LogP contribution in [-0.4, -0.2) is 16.5 Å². The number of hydroxylamine groups is 1. The second-order valence-corrected chi connectivity index (χ2v) is 4.99. The second kappa shape index (κ2) is 2.84. The largest absolute Gasteiger partial charge is 0.624 e. The molecule has 0 aliphatic rings. The molecule has 0 amide bonds. The van der Waals surface area contributed by atoms with Gasteiger partial charge in [0.1, 0.15) is 0 Å². The van der Waals surface area contributed by atoms with Gasteiger partial charge in [0, 0.05) is 26.2 Å². The van der Waals surface area contributed by atoms with Crippen LogP contribution in [0.3, 0.4) is 0 Å². The lowest BCUT2D eigenvalue weighted by atomic mass is 9.98. The number of nitrogens with zero attached hydrogens (tertiary/aromatic N) is 1. The molecule has 0 aromatic carbocycles. The minimum atomic E-state index is -0.312. The Morgan fingerprint density at radius 2 is 1.36 bits per heavy atom. The van der Waals surface area contributed by atoms with Gasteiger partial charge in [0.25, 0.3) is 0 Å². The van der Waals surface area contributed by atoms with E-state index >= 15 is 0 Å². The monoisotopic (exact) mass is 157 g/mol. The van der Waals surface area contributed by atoms with Crippen LogP contribution in [0, 0.1) is 10.6 Å². The molecule has 0 aromatic heterocycles. The Bertz CT molecular complexity index is 157. The summed E-state index contributed by atoms with van der Waals surface area (Å²) in [5, 5.41) is 11.3. The summed E-state index contributed by atoms with van der Waals surface area (Å²) in [7, 11) is 0. The summed E-state index contributed by atoms with van der Waals surface area (Å²) in [4.78, 5) is 0. The SMILES string of the molecule is CC(C)(C)/C=[N+](/[O-])C(C)(C)C. The molecule has 0 atom stereocenters. The molecule has 0 radical (unpaired) electrons. The van der Waals surface area contributed by atoms with E-state index < -0.39 is 0 Å². The van der Waals surface area contributed by atoms with Gasteiger partial charge in [-0.2, -0.15) is 0 Å². The third-order valence-electron chi connectivity index (χ3n) is 1.17. The quantitative estimate of drug-likeness (QED) is 0.229. The zero-order valence-electron chi connectivity index (χ0n) is 8.43. The number of hydrogen-bond acceptors (Lipinski definition) is 1. The molecule has 0 bridgehead atoms. The van der Waals surface area contributed by atoms with E-state index in [0.29, 0.717) is 0 Å². The fraction of sp³-hybridized carbons (Fsp3) is 0.889. The molecule has 0 fully saturated rings. The van der Waals surface area contributed by atoms with Crippen LogP contribution in [0.2, 0.25) is 0 Å². The van der Waals surface area contributed by atoms with Crippen molar-refractivity contribution in [2.75, 3.05) is 0 Å². The van der Waals surface area contributed by atoms with Gasteiger partial charge in [0.15, 0.2) is 11.8 Å². The summed E-state index contributed by atoms with van der Waals surface area (Å²) >= 11 is 0. The van der Waals surface area contributed by atoms with E-state index in [-0.39, 0.29) is 11.0 Å². The molecular weight excluding hydrogens is 138 g/mol. The van der Waals surface area contributed by atoms with Gasteiger partial charge in [-0.1, -0.05) is 20.8 Å². The summed E-state index contributed by atoms with van der Waals surface area (Å²) < 4.78 is 1.02. The molecular formula is C9H19NO. The van der Waals surface area contributed by atoms with Gasteiger partial charge in [-0.15, -0.1) is 0 Å². The average Bonchev–Trinajstić information content (AvgIpc) is 1.56. The molecule has 11 heavy (non-hydrogen) atoms. The minimum Gasteiger partial charge on any atom is -0.624 e. The topological polar surface area (TPSA) is 26.1 Å². The van der Waals surface area contributed by atoms with Gasteiger partial charge in [0.2, 0.25) is 0 Å². The number of rotatable bonds is 0. The van der Waals surface area contributed by atoms with E-state index in [4.69, 9.17) is 0 Å². The second-order valence-electron chi connectivity index (χ2n) is 4.99. The molecule has 0 aliphatic heterocycles. The van der Waals surface area contributed by atoms with E-state index in [1.807, 2.05) is 41.5 Å². The maximum atomic E-state index is 11.3. The van der Waals surface area contributed by atoms with Crippen LogP contribution < -0.4 is 0 Å². The van der Waals surface area contributed by atoms with Gasteiger partial charge < -0.3 is 5.21 Å². The van der Waals surface area contributed by atoms with Gasteiger partial charge in [0.05, 0.1) is 0 Å². The van der Waals surface area contributed by atoms with Crippen molar-refractivity contribution in [2.24, 2.45) is 5.41 Å². The molecule has 0 heterocycles. The molecule has 0 spiro atoms. The van der Waals surface area contributed by atoms with Crippen molar-refractivity contribution in [2.45, 2.75) is 47.1 Å². The van der Waals surface area contributed by atoms with E-state index in [2.05, 4.69) is 0 Å². The van der Waals surface area contributed by atoms with Crippen molar-refractivity contribution in [1.29, 1.82) is 0 Å². The molecule has 0 aliphatic carbocycles. The van der Waals surface area contributed by atoms with E-state index in [0.717, 1.165) is 4.74 Å². The molecule has 0 saturated heterocycles. The summed E-state index contributed by atoms with van der Waals surface area (Å²) in [5.41, 5.74) is -0.345. The molecule has 2 nitrogen and oxygen atoms in total. The Labute approximate surface area is 69.5 Å². The lowest BCUT2D eigenvalue weighted by molar-refractivity contribution is -0.533. The highest BCUT2D eigenvalue weighted by atomic mass is 16.5. The van der Waals surface area contributed by atoms with Crippen LogP contribution in [0.5, 0.6) is 0 Å². The first-order valence-electron chi connectivity index (χ1n) is 3.95. The van der Waals surface area contributed by atoms with Crippen LogP contribution in [0.15, 0.2) is 0 Å². The minimum absolute atomic E-state index is 0.0327. The highest BCUT2D eigenvalue weighted by Gasteiger charge is 2.21. The van der Waals surface area contributed by atoms with Gasteiger partial charge in [-0.25, -0.2) is 4.74 Å². The van der Waals surface area contributed by atoms with Crippen molar-refractivity contribution < 1.29 is 4.74 Å². The first-order valence-corrected chi connectivity index (χ1v) is 3.95. The summed E-state index contributed by atoms with van der Waals surface area (Å²) in [6.07, 6.45) is 1.72. The molecule has 66 valence electrons. The molecule has 0 N–H and O–H groups in total. The predicted molar refractivity (Wildman–Crippen MR) is 48.9 cm³/mol. The third kappa shape index (κ3) is 4.82. The summed E-state index contributed by atoms with van der Waals surface area (Å²) in [6.45, 7) is 11.8. The average molecular weight is 157 g/mol. The van der Waals surface area contributed by atoms with Crippen molar-refractivity contribution in [1.82, 2.24) is 0 Å². The maximum Gasteiger partial charge on any atom is 0.164 e. The zero-order valence-corrected chi connectivity index (χ0v) is 8.43. The third-order valence-corrected chi connectivity index (χ3v) is 1.17. The van der Waals surface area contributed by atoms with Crippen molar-refractivity contribution >= 4 is 6.21 Å². The van der Waals surface area contributed by atoms with E-state index in [9.17, 15) is 5.21 Å². The zero-order chi connectivity index (χ0) is 9.28. The van der Waals surface area contributed by atoms with Crippen LogP contribution >= 0.6 is 0 Å². The maximum absolute atomic E-state index is 11.3. The Balaban J connectivity index is 4.49. The van der Waals surface area contributed by atoms with Gasteiger partial charge >= 0.3 is 0 Å². The summed E-state index contributed by atoms with van der Waals surface area (Å²) in [5.74, 6) is 0. The van der Waals surface area contributed by atoms with Crippen molar-refractivity contribution in [3.05, 3.63) is 5.21 Å². The molecule has 0 aromatic rings. The molecule has 0 rings (SSSR count). The first kappa shape index (κ1) is 10.5. The highest BCUT2D eigenvalue weighted by molar-refractivity contribution is 5.58. The molecule has 0 unspecified atom stereocenters.